The van der Waals surface area contributed by atoms with Gasteiger partial charge in [0.2, 0.25) is 0 Å². The van der Waals surface area contributed by atoms with Gasteiger partial charge < -0.3 is 0 Å². The number of alkyl halides is 3. The first-order chi connectivity index (χ1) is 14.1. The number of anilines is 2. The first-order valence-corrected chi connectivity index (χ1v) is 8.84. The third-order valence-corrected chi connectivity index (χ3v) is 4.09. The van der Waals surface area contributed by atoms with Gasteiger partial charge in [-0.1, -0.05) is 29.8 Å². The molecule has 0 saturated carbocycles. The lowest BCUT2D eigenvalue weighted by Crippen LogP contribution is -2.29. The summed E-state index contributed by atoms with van der Waals surface area (Å²) in [5, 5.41) is 4.48. The molecule has 0 aliphatic carbocycles. The molecule has 0 saturated heterocycles. The summed E-state index contributed by atoms with van der Waals surface area (Å²) in [7, 11) is 0. The fourth-order valence-electron chi connectivity index (χ4n) is 2.32. The molecule has 1 aromatic heterocycles. The number of aliphatic imine (C=N–C) groups is 1. The zero-order valence-electron chi connectivity index (χ0n) is 14.7. The minimum Gasteiger partial charge on any atom is -0.291 e. The predicted molar refractivity (Wildman–Crippen MR) is 105 cm³/mol. The lowest BCUT2D eigenvalue weighted by Gasteiger charge is -2.19. The Morgan fingerprint density at radius 2 is 1.87 bits per heavy atom. The zero-order chi connectivity index (χ0) is 21.9. The number of nitrogens with zero attached hydrogens (tertiary/aromatic N) is 4. The van der Waals surface area contributed by atoms with Crippen molar-refractivity contribution in [2.45, 2.75) is 6.18 Å². The molecular formula is C18H11Cl2F4N5O. The smallest absolute Gasteiger partial charge is 0.291 e. The summed E-state index contributed by atoms with van der Waals surface area (Å²) < 4.78 is 52.9. The minimum absolute atomic E-state index is 0.0357. The Kier molecular flexibility index (Phi) is 6.28. The number of nitrogens with one attached hydrogen (secondary N) is 1. The van der Waals surface area contributed by atoms with Crippen LogP contribution in [0, 0.1) is 5.82 Å². The third-order valence-electron chi connectivity index (χ3n) is 3.62. The second kappa shape index (κ2) is 8.72. The largest absolute Gasteiger partial charge is 0.434 e. The van der Waals surface area contributed by atoms with Crippen LogP contribution in [0.4, 0.5) is 29.1 Å². The van der Waals surface area contributed by atoms with E-state index in [-0.39, 0.29) is 26.3 Å². The molecule has 0 radical (unpaired) electrons. The molecule has 0 spiro atoms. The summed E-state index contributed by atoms with van der Waals surface area (Å²) in [6.07, 6.45) is -3.88. The summed E-state index contributed by atoms with van der Waals surface area (Å²) in [6.45, 7) is 0. The fraction of sp³-hybridized carbons (Fsp3) is 0.0556. The van der Waals surface area contributed by atoms with Crippen LogP contribution in [0.15, 0.2) is 59.6 Å². The molecule has 0 aliphatic rings. The number of hydrazine groups is 1. The predicted octanol–water partition coefficient (Wildman–Crippen LogP) is 5.40. The van der Waals surface area contributed by atoms with Crippen molar-refractivity contribution in [3.05, 3.63) is 76.7 Å². The number of carbonyl (C=O) groups is 1. The van der Waals surface area contributed by atoms with Gasteiger partial charge in [0.25, 0.3) is 5.91 Å². The zero-order valence-corrected chi connectivity index (χ0v) is 16.3. The molecule has 156 valence electrons. The maximum absolute atomic E-state index is 13.6. The first-order valence-electron chi connectivity index (χ1n) is 8.12. The highest BCUT2D eigenvalue weighted by molar-refractivity contribution is 6.30. The van der Waals surface area contributed by atoms with E-state index >= 15 is 0 Å². The number of carbonyl (C=O) groups excluding carboxylic acids is 1. The van der Waals surface area contributed by atoms with Crippen molar-refractivity contribution in [3.63, 3.8) is 0 Å². The Morgan fingerprint density at radius 3 is 2.47 bits per heavy atom. The average molecular weight is 460 g/mol. The molecular weight excluding hydrogens is 449 g/mol. The van der Waals surface area contributed by atoms with Gasteiger partial charge in [0, 0.05) is 28.4 Å². The normalized spacial score (nSPS) is 11.7. The van der Waals surface area contributed by atoms with E-state index < -0.39 is 23.6 Å². The number of aromatic nitrogens is 2. The number of amides is 1. The van der Waals surface area contributed by atoms with Crippen molar-refractivity contribution in [2.75, 3.05) is 10.4 Å². The molecule has 1 amide bonds. The highest BCUT2D eigenvalue weighted by atomic mass is 35.5. The van der Waals surface area contributed by atoms with Gasteiger partial charge in [-0.05, 0) is 30.3 Å². The van der Waals surface area contributed by atoms with Gasteiger partial charge in [0.05, 0.1) is 5.69 Å². The second-order valence-corrected chi connectivity index (χ2v) is 6.56. The number of rotatable bonds is 5. The van der Waals surface area contributed by atoms with Gasteiger partial charge in [0.15, 0.2) is 11.5 Å². The summed E-state index contributed by atoms with van der Waals surface area (Å²) >= 11 is 11.3. The Labute approximate surface area is 177 Å². The Balaban J connectivity index is 1.96. The van der Waals surface area contributed by atoms with E-state index in [2.05, 4.69) is 15.5 Å². The van der Waals surface area contributed by atoms with Crippen LogP contribution in [-0.4, -0.2) is 21.5 Å². The molecule has 0 bridgehead atoms. The third kappa shape index (κ3) is 5.28. The summed E-state index contributed by atoms with van der Waals surface area (Å²) in [5.74, 6) is -1.72. The van der Waals surface area contributed by atoms with Crippen molar-refractivity contribution in [2.24, 2.45) is 4.99 Å². The SMILES string of the molecule is O=C(N=CN(Nc1cc(F)cc(Cl)c1)c1cc(C(F)(F)F)n(Cl)n1)c1ccccc1. The second-order valence-electron chi connectivity index (χ2n) is 5.80. The van der Waals surface area contributed by atoms with Crippen molar-refractivity contribution < 1.29 is 22.4 Å². The van der Waals surface area contributed by atoms with E-state index in [0.717, 1.165) is 23.5 Å². The Bertz CT molecular complexity index is 1070. The van der Waals surface area contributed by atoms with Crippen molar-refractivity contribution in [3.8, 4) is 0 Å². The highest BCUT2D eigenvalue weighted by Gasteiger charge is 2.36. The monoisotopic (exact) mass is 459 g/mol. The van der Waals surface area contributed by atoms with Crippen LogP contribution < -0.4 is 10.4 Å². The number of hydrogen-bond donors (Lipinski definition) is 1. The molecule has 2 aromatic carbocycles. The van der Waals surface area contributed by atoms with E-state index in [4.69, 9.17) is 23.4 Å². The van der Waals surface area contributed by atoms with Crippen molar-refractivity contribution in [1.82, 2.24) is 9.30 Å². The molecule has 3 aromatic rings. The van der Waals surface area contributed by atoms with Gasteiger partial charge >= 0.3 is 6.18 Å². The molecule has 0 unspecified atom stereocenters. The number of halogens is 6. The topological polar surface area (TPSA) is 62.5 Å². The molecule has 12 heteroatoms. The lowest BCUT2D eigenvalue weighted by atomic mass is 10.2. The molecule has 30 heavy (non-hydrogen) atoms. The van der Waals surface area contributed by atoms with Crippen molar-refractivity contribution in [1.29, 1.82) is 0 Å². The van der Waals surface area contributed by atoms with Crippen LogP contribution >= 0.6 is 23.4 Å². The van der Waals surface area contributed by atoms with Crippen LogP contribution in [0.1, 0.15) is 16.1 Å². The Morgan fingerprint density at radius 1 is 1.17 bits per heavy atom. The minimum atomic E-state index is -4.78. The van der Waals surface area contributed by atoms with Gasteiger partial charge in [-0.15, -0.1) is 5.10 Å². The average Bonchev–Trinajstić information content (AvgIpc) is 3.07. The summed E-state index contributed by atoms with van der Waals surface area (Å²) in [4.78, 5) is 15.9. The Hall–Kier alpha value is -3.11. The molecule has 1 N–H and O–H groups in total. The van der Waals surface area contributed by atoms with Crippen molar-refractivity contribution >= 4 is 47.1 Å². The van der Waals surface area contributed by atoms with Gasteiger partial charge in [-0.3, -0.25) is 10.2 Å². The standard InChI is InChI=1S/C18H11Cl2F4N5O/c19-12-6-13(21)8-14(7-12)26-28(10-25-17(30)11-4-2-1-3-5-11)16-9-15(18(22,23)24)29(20)27-16/h1-10,26H. The van der Waals surface area contributed by atoms with E-state index in [1.54, 1.807) is 18.2 Å². The van der Waals surface area contributed by atoms with E-state index in [0.29, 0.717) is 6.07 Å². The summed E-state index contributed by atoms with van der Waals surface area (Å²) in [5.41, 5.74) is 1.64. The van der Waals surface area contributed by atoms with Gasteiger partial charge in [0.1, 0.15) is 12.2 Å². The maximum atomic E-state index is 13.6. The van der Waals surface area contributed by atoms with Crippen LogP contribution in [0.3, 0.4) is 0 Å². The molecule has 1 heterocycles. The molecule has 0 aliphatic heterocycles. The molecule has 0 atom stereocenters. The first kappa shape index (κ1) is 21.6. The van der Waals surface area contributed by atoms with Gasteiger partial charge in [-0.2, -0.15) is 22.4 Å². The van der Waals surface area contributed by atoms with Crippen LogP contribution in [0.2, 0.25) is 5.02 Å². The van der Waals surface area contributed by atoms with Gasteiger partial charge in [-0.25, -0.2) is 9.40 Å². The molecule has 6 nitrogen and oxygen atoms in total. The number of hydrogen-bond acceptors (Lipinski definition) is 3. The van der Waals surface area contributed by atoms with Crippen LogP contribution in [-0.2, 0) is 6.18 Å². The molecule has 0 fully saturated rings. The van der Waals surface area contributed by atoms with Crippen LogP contribution in [0.5, 0.6) is 0 Å². The van der Waals surface area contributed by atoms with Crippen LogP contribution in [0.25, 0.3) is 0 Å². The quantitative estimate of drug-likeness (QED) is 0.240. The van der Waals surface area contributed by atoms with E-state index in [1.807, 2.05) is 0 Å². The lowest BCUT2D eigenvalue weighted by molar-refractivity contribution is -0.142. The fourth-order valence-corrected chi connectivity index (χ4v) is 2.76. The van der Waals surface area contributed by atoms with E-state index in [1.165, 1.54) is 18.2 Å². The van der Waals surface area contributed by atoms with E-state index in [9.17, 15) is 22.4 Å². The summed E-state index contributed by atoms with van der Waals surface area (Å²) in [6, 6.07) is 12.0. The number of benzene rings is 2. The highest BCUT2D eigenvalue weighted by Crippen LogP contribution is 2.32. The molecule has 3 rings (SSSR count). The maximum Gasteiger partial charge on any atom is 0.434 e.